The van der Waals surface area contributed by atoms with Gasteiger partial charge >= 0.3 is 0 Å². The molecule has 14 unspecified atom stereocenters. The van der Waals surface area contributed by atoms with Gasteiger partial charge in [0, 0.05) is 21.0 Å². The van der Waals surface area contributed by atoms with Gasteiger partial charge in [0.05, 0.1) is 0 Å². The highest BCUT2D eigenvalue weighted by Crippen LogP contribution is 3.29. The van der Waals surface area contributed by atoms with Crippen LogP contribution in [0.5, 0.6) is 0 Å². The fourth-order valence-electron chi connectivity index (χ4n) is 1.04. The highest BCUT2D eigenvalue weighted by Gasteiger charge is 2.42. The van der Waals surface area contributed by atoms with Gasteiger partial charge in [0.1, 0.15) is 0 Å². The number of rotatable bonds is 10. The molecule has 0 aromatic carbocycles. The lowest BCUT2D eigenvalue weighted by molar-refractivity contribution is 4.50. The van der Waals surface area contributed by atoms with E-state index in [0.717, 1.165) is 7.96 Å². The van der Waals surface area contributed by atoms with Crippen LogP contribution in [0, 0.1) is 0 Å². The molecule has 0 rings (SSSR count). The summed E-state index contributed by atoms with van der Waals surface area (Å²) in [6.45, 7) is 0.215. The minimum absolute atomic E-state index is 0.00720. The zero-order valence-electron chi connectivity index (χ0n) is 11.2. The van der Waals surface area contributed by atoms with Crippen LogP contribution < -0.4 is 0 Å². The maximum Gasteiger partial charge on any atom is 0.0290 e. The van der Waals surface area contributed by atoms with E-state index in [0.29, 0.717) is 0 Å². The molecule has 132 valence electrons. The third-order valence-electron chi connectivity index (χ3n) is 1.70. The predicted octanol–water partition coefficient (Wildman–Crippen LogP) is 12.5. The van der Waals surface area contributed by atoms with Gasteiger partial charge in [-0.15, -0.1) is 89.3 Å². The lowest BCUT2D eigenvalue weighted by Gasteiger charge is -2.43. The molecular weight excluding hydrogens is 683 g/mol. The molecule has 0 saturated heterocycles. The van der Waals surface area contributed by atoms with Crippen molar-refractivity contribution in [1.82, 2.24) is 0 Å². The summed E-state index contributed by atoms with van der Waals surface area (Å²) in [6, 6.07) is 0. The molecule has 0 amide bonds. The zero-order valence-corrected chi connectivity index (χ0v) is 33.5. The van der Waals surface area contributed by atoms with E-state index in [1.807, 2.05) is 0 Å². The summed E-state index contributed by atoms with van der Waals surface area (Å²) in [7, 11) is 33.7. The molecule has 14 atom stereocenters. The zero-order chi connectivity index (χ0) is 17.6. The standard InChI is InChI=1S/H21P21S/c1-11-17(10)21(20(15(6)7)16(8)9)18(12-22)19(13(2)3)14(4)5/h11H,1-10H2. The molecule has 22 heavy (non-hydrogen) atoms. The fraction of sp³-hybridized carbons (Fsp3) is 0. The summed E-state index contributed by atoms with van der Waals surface area (Å²) in [5.74, 6) is 0. The molecule has 0 fully saturated rings. The molecule has 0 aromatic rings. The average molecular weight is 704 g/mol. The van der Waals surface area contributed by atoms with Gasteiger partial charge in [0.25, 0.3) is 0 Å². The average Bonchev–Trinajstić information content (AvgIpc) is 2.39. The van der Waals surface area contributed by atoms with Crippen molar-refractivity contribution >= 4 is 179 Å². The van der Waals surface area contributed by atoms with E-state index in [2.05, 4.69) is 89.3 Å². The maximum absolute atomic E-state index is 5.74. The van der Waals surface area contributed by atoms with Crippen LogP contribution in [0.25, 0.3) is 0 Å². The first-order valence-corrected chi connectivity index (χ1v) is 43.4. The summed E-state index contributed by atoms with van der Waals surface area (Å²) in [5.41, 5.74) is 0. The second-order valence-electron chi connectivity index (χ2n) is 3.15. The van der Waals surface area contributed by atoms with Gasteiger partial charge < -0.3 is 0 Å². The van der Waals surface area contributed by atoms with Crippen LogP contribution in [-0.2, 0) is 11.8 Å². The predicted molar refractivity (Wildman–Crippen MR) is 182 cm³/mol. The second kappa shape index (κ2) is 17.6. The highest BCUT2D eigenvalue weighted by atomic mass is 33.4. The molecule has 0 heterocycles. The molecule has 0 aromatic heterocycles. The molecule has 0 aliphatic carbocycles. The van der Waals surface area contributed by atoms with E-state index in [-0.39, 0.29) is 62.9 Å². The Balaban J connectivity index is 5.85. The smallest absolute Gasteiger partial charge is 0.0290 e. The fourth-order valence-corrected chi connectivity index (χ4v) is 253. The summed E-state index contributed by atoms with van der Waals surface area (Å²) < 4.78 is 0. The van der Waals surface area contributed by atoms with E-state index < -0.39 is 0 Å². The van der Waals surface area contributed by atoms with E-state index in [9.17, 15) is 0 Å². The van der Waals surface area contributed by atoms with Gasteiger partial charge in [-0.1, -0.05) is 19.8 Å². The van der Waals surface area contributed by atoms with Crippen molar-refractivity contribution in [2.75, 3.05) is 0 Å². The Hall–Kier alpha value is 9.12. The van der Waals surface area contributed by atoms with Crippen molar-refractivity contribution in [3.8, 4) is 0 Å². The molecular formula is H21P21S. The van der Waals surface area contributed by atoms with Crippen LogP contribution >= 0.6 is 167 Å². The Morgan fingerprint density at radius 2 is 1.00 bits per heavy atom. The first kappa shape index (κ1) is 31.1. The van der Waals surface area contributed by atoms with Crippen LogP contribution in [0.2, 0.25) is 0 Å². The highest BCUT2D eigenvalue weighted by molar-refractivity contribution is 9.35. The molecule has 0 spiro atoms. The van der Waals surface area contributed by atoms with Crippen molar-refractivity contribution in [3.63, 3.8) is 0 Å². The molecule has 0 nitrogen and oxygen atoms in total. The largest absolute Gasteiger partial charge is 0.109 e. The van der Waals surface area contributed by atoms with Gasteiger partial charge in [-0.25, -0.2) is 0 Å². The van der Waals surface area contributed by atoms with Crippen LogP contribution in [0.4, 0.5) is 0 Å². The summed E-state index contributed by atoms with van der Waals surface area (Å²) in [6.07, 6.45) is 0. The quantitative estimate of drug-likeness (QED) is 0.204. The molecule has 0 aliphatic rings. The topological polar surface area (TPSA) is 0 Å². The number of hydrogen-bond donors (Lipinski definition) is 0. The molecule has 0 saturated carbocycles. The molecule has 0 aliphatic heterocycles. The van der Waals surface area contributed by atoms with E-state index >= 15 is 0 Å². The molecule has 0 radical (unpaired) electrons. The Labute approximate surface area is 177 Å². The first-order chi connectivity index (χ1) is 10.1. The minimum atomic E-state index is -0.0225. The van der Waals surface area contributed by atoms with Crippen LogP contribution in [0.1, 0.15) is 0 Å². The lowest BCUT2D eigenvalue weighted by atomic mass is 28.6. The van der Waals surface area contributed by atoms with Crippen molar-refractivity contribution < 1.29 is 0 Å². The Morgan fingerprint density at radius 3 is 1.23 bits per heavy atom. The summed E-state index contributed by atoms with van der Waals surface area (Å²) in [4.78, 5) is 0. The lowest BCUT2D eigenvalue weighted by Crippen LogP contribution is -1.56. The Morgan fingerprint density at radius 1 is 0.636 bits per heavy atom. The molecule has 22 heteroatoms. The van der Waals surface area contributed by atoms with Crippen LogP contribution in [-0.4, -0.2) is 0 Å². The van der Waals surface area contributed by atoms with Crippen molar-refractivity contribution in [2.24, 2.45) is 0 Å². The van der Waals surface area contributed by atoms with Crippen molar-refractivity contribution in [2.45, 2.75) is 0 Å². The van der Waals surface area contributed by atoms with E-state index in [1.165, 1.54) is 7.04 Å². The maximum atomic E-state index is 5.74. The van der Waals surface area contributed by atoms with Crippen LogP contribution in [0.15, 0.2) is 0 Å². The molecule has 0 bridgehead atoms. The molecule has 0 N–H and O–H groups in total. The van der Waals surface area contributed by atoms with E-state index in [1.54, 1.807) is 0 Å². The minimum Gasteiger partial charge on any atom is -0.109 e. The SMILES string of the molecule is PPP(P)P(P(P=S)P(P(P)P)P(P)P)P(P(P)P)P(P)P. The second-order valence-corrected chi connectivity index (χ2v) is 85.0. The van der Waals surface area contributed by atoms with Crippen LogP contribution in [0.3, 0.4) is 0 Å². The van der Waals surface area contributed by atoms with Gasteiger partial charge in [-0.3, -0.25) is 0 Å². The monoisotopic (exact) mass is 704 g/mol. The first-order valence-electron chi connectivity index (χ1n) is 4.82. The summed E-state index contributed by atoms with van der Waals surface area (Å²) >= 11 is 5.74. The van der Waals surface area contributed by atoms with Gasteiger partial charge in [0.2, 0.25) is 0 Å². The third kappa shape index (κ3) is 11.3. The van der Waals surface area contributed by atoms with Gasteiger partial charge in [-0.05, 0) is 48.9 Å². The van der Waals surface area contributed by atoms with E-state index in [4.69, 9.17) is 11.8 Å². The summed E-state index contributed by atoms with van der Waals surface area (Å²) in [5, 5.41) is 0. The number of hydrogen-bond acceptors (Lipinski definition) is 1. The Kier molecular flexibility index (Phi) is 24.9. The Bertz CT molecular complexity index is 287. The van der Waals surface area contributed by atoms with Gasteiger partial charge in [0.15, 0.2) is 0 Å². The van der Waals surface area contributed by atoms with Crippen molar-refractivity contribution in [3.05, 3.63) is 0 Å². The van der Waals surface area contributed by atoms with Crippen molar-refractivity contribution in [1.29, 1.82) is 0 Å². The van der Waals surface area contributed by atoms with Gasteiger partial charge in [-0.2, -0.15) is 0 Å². The normalized spacial score (nSPS) is 18.0. The third-order valence-corrected chi connectivity index (χ3v) is 138.